The van der Waals surface area contributed by atoms with Crippen molar-refractivity contribution in [2.24, 2.45) is 0 Å². The van der Waals surface area contributed by atoms with E-state index in [0.717, 1.165) is 25.1 Å². The molecule has 0 saturated carbocycles. The molecule has 0 spiro atoms. The Labute approximate surface area is 93.5 Å². The molecule has 1 aromatic rings. The van der Waals surface area contributed by atoms with Gasteiger partial charge in [0.15, 0.2) is 0 Å². The fourth-order valence-corrected chi connectivity index (χ4v) is 2.58. The van der Waals surface area contributed by atoms with E-state index in [0.29, 0.717) is 0 Å². The number of nitrogens with one attached hydrogen (secondary N) is 1. The van der Waals surface area contributed by atoms with Crippen LogP contribution in [-0.4, -0.2) is 23.2 Å². The number of rotatable bonds is 3. The van der Waals surface area contributed by atoms with Gasteiger partial charge < -0.3 is 10.1 Å². The van der Waals surface area contributed by atoms with Gasteiger partial charge in [0.1, 0.15) is 0 Å². The molecule has 4 nitrogen and oxygen atoms in total. The Bertz CT molecular complexity index is 361. The lowest BCUT2D eigenvalue weighted by Gasteiger charge is -2.21. The predicted molar refractivity (Wildman–Crippen MR) is 59.7 cm³/mol. The molecule has 0 aromatic carbocycles. The van der Waals surface area contributed by atoms with Gasteiger partial charge in [0.05, 0.1) is 29.5 Å². The summed E-state index contributed by atoms with van der Waals surface area (Å²) in [5.74, 6) is 0. The van der Waals surface area contributed by atoms with E-state index in [1.54, 1.807) is 0 Å². The molecule has 1 N–H and O–H groups in total. The maximum atomic E-state index is 5.36. The molecular formula is C10H15N3OS. The quantitative estimate of drug-likeness (QED) is 0.852. The minimum absolute atomic E-state index is 0.213. The highest BCUT2D eigenvalue weighted by molar-refractivity contribution is 7.05. The van der Waals surface area contributed by atoms with E-state index in [2.05, 4.69) is 14.9 Å². The molecular weight excluding hydrogens is 210 g/mol. The van der Waals surface area contributed by atoms with Gasteiger partial charge >= 0.3 is 0 Å². The van der Waals surface area contributed by atoms with Gasteiger partial charge in [-0.3, -0.25) is 0 Å². The zero-order chi connectivity index (χ0) is 10.7. The smallest absolute Gasteiger partial charge is 0.0876 e. The molecule has 0 amide bonds. The molecule has 2 rings (SSSR count). The van der Waals surface area contributed by atoms with Gasteiger partial charge in [-0.1, -0.05) is 4.49 Å². The van der Waals surface area contributed by atoms with Crippen LogP contribution in [0.1, 0.15) is 29.5 Å². The lowest BCUT2D eigenvalue weighted by molar-refractivity contribution is 0.220. The molecule has 0 aliphatic carbocycles. The lowest BCUT2D eigenvalue weighted by atomic mass is 10.0. The molecule has 1 atom stereocenters. The number of likely N-dealkylation sites (N-methyl/N-ethyl adjacent to an activating group) is 1. The lowest BCUT2D eigenvalue weighted by Crippen LogP contribution is -2.20. The summed E-state index contributed by atoms with van der Waals surface area (Å²) in [6.45, 7) is 2.83. The van der Waals surface area contributed by atoms with E-state index in [9.17, 15) is 0 Å². The van der Waals surface area contributed by atoms with Crippen LogP contribution < -0.4 is 5.32 Å². The van der Waals surface area contributed by atoms with E-state index in [1.807, 2.05) is 20.2 Å². The van der Waals surface area contributed by atoms with E-state index in [4.69, 9.17) is 4.74 Å². The maximum absolute atomic E-state index is 5.36. The normalized spacial score (nSPS) is 18.1. The van der Waals surface area contributed by atoms with Gasteiger partial charge in [-0.15, -0.1) is 5.10 Å². The first kappa shape index (κ1) is 10.6. The monoisotopic (exact) mass is 225 g/mol. The van der Waals surface area contributed by atoms with Crippen molar-refractivity contribution in [1.82, 2.24) is 14.9 Å². The van der Waals surface area contributed by atoms with Crippen molar-refractivity contribution in [1.29, 1.82) is 0 Å². The SMILES string of the molecule is CNC(C1=COCCC1)c1snnc1C. The number of hydrogen-bond acceptors (Lipinski definition) is 5. The summed E-state index contributed by atoms with van der Waals surface area (Å²) in [6, 6.07) is 0.213. The number of hydrogen-bond donors (Lipinski definition) is 1. The minimum atomic E-state index is 0.213. The number of aryl methyl sites for hydroxylation is 1. The zero-order valence-electron chi connectivity index (χ0n) is 8.99. The van der Waals surface area contributed by atoms with Gasteiger partial charge in [0.25, 0.3) is 0 Å². The Hall–Kier alpha value is -0.940. The van der Waals surface area contributed by atoms with Crippen LogP contribution in [0.5, 0.6) is 0 Å². The molecule has 0 saturated heterocycles. The second-order valence-corrected chi connectivity index (χ2v) is 4.40. The van der Waals surface area contributed by atoms with E-state index < -0.39 is 0 Å². The summed E-state index contributed by atoms with van der Waals surface area (Å²) in [5, 5.41) is 7.34. The molecule has 1 aliphatic heterocycles. The van der Waals surface area contributed by atoms with Crippen LogP contribution in [0.25, 0.3) is 0 Å². The molecule has 1 unspecified atom stereocenters. The number of ether oxygens (including phenoxy) is 1. The van der Waals surface area contributed by atoms with E-state index in [-0.39, 0.29) is 6.04 Å². The summed E-state index contributed by atoms with van der Waals surface area (Å²) < 4.78 is 9.33. The fourth-order valence-electron chi connectivity index (χ4n) is 1.78. The third-order valence-electron chi connectivity index (χ3n) is 2.57. The highest BCUT2D eigenvalue weighted by Crippen LogP contribution is 2.30. The first-order valence-corrected chi connectivity index (χ1v) is 5.87. The van der Waals surface area contributed by atoms with Crippen LogP contribution in [0.2, 0.25) is 0 Å². The summed E-state index contributed by atoms with van der Waals surface area (Å²) in [7, 11) is 1.96. The third-order valence-corrected chi connectivity index (χ3v) is 3.46. The molecule has 0 radical (unpaired) electrons. The van der Waals surface area contributed by atoms with Gasteiger partial charge in [-0.2, -0.15) is 0 Å². The predicted octanol–water partition coefficient (Wildman–Crippen LogP) is 1.80. The van der Waals surface area contributed by atoms with Crippen LogP contribution >= 0.6 is 11.5 Å². The second-order valence-electron chi connectivity index (χ2n) is 3.61. The summed E-state index contributed by atoms with van der Waals surface area (Å²) in [5.41, 5.74) is 2.30. The van der Waals surface area contributed by atoms with Crippen molar-refractivity contribution in [2.75, 3.05) is 13.7 Å². The highest BCUT2D eigenvalue weighted by atomic mass is 32.1. The minimum Gasteiger partial charge on any atom is -0.501 e. The standard InChI is InChI=1S/C10H15N3OS/c1-7-10(15-13-12-7)9(11-2)8-4-3-5-14-6-8/h6,9,11H,3-5H2,1-2H3. The van der Waals surface area contributed by atoms with Crippen LogP contribution in [0.15, 0.2) is 11.8 Å². The average molecular weight is 225 g/mol. The largest absolute Gasteiger partial charge is 0.501 e. The zero-order valence-corrected chi connectivity index (χ0v) is 9.80. The van der Waals surface area contributed by atoms with E-state index >= 15 is 0 Å². The Kier molecular flexibility index (Phi) is 3.33. The van der Waals surface area contributed by atoms with Gasteiger partial charge in [-0.25, -0.2) is 0 Å². The van der Waals surface area contributed by atoms with Crippen molar-refractivity contribution in [3.63, 3.8) is 0 Å². The Morgan fingerprint density at radius 3 is 3.00 bits per heavy atom. The van der Waals surface area contributed by atoms with Crippen LogP contribution in [0.4, 0.5) is 0 Å². The van der Waals surface area contributed by atoms with Crippen molar-refractivity contribution in [2.45, 2.75) is 25.8 Å². The molecule has 5 heteroatoms. The molecule has 0 bridgehead atoms. The van der Waals surface area contributed by atoms with Crippen LogP contribution in [0, 0.1) is 6.92 Å². The Morgan fingerprint density at radius 2 is 2.47 bits per heavy atom. The Morgan fingerprint density at radius 1 is 1.60 bits per heavy atom. The molecule has 1 aromatic heterocycles. The fraction of sp³-hybridized carbons (Fsp3) is 0.600. The molecule has 0 fully saturated rings. The second kappa shape index (κ2) is 4.72. The van der Waals surface area contributed by atoms with Gasteiger partial charge in [0.2, 0.25) is 0 Å². The first-order chi connectivity index (χ1) is 7.33. The number of nitrogens with zero attached hydrogens (tertiary/aromatic N) is 2. The highest BCUT2D eigenvalue weighted by Gasteiger charge is 2.21. The van der Waals surface area contributed by atoms with Crippen LogP contribution in [0.3, 0.4) is 0 Å². The summed E-state index contributed by atoms with van der Waals surface area (Å²) >= 11 is 1.46. The molecule has 82 valence electrons. The van der Waals surface area contributed by atoms with Crippen molar-refractivity contribution >= 4 is 11.5 Å². The van der Waals surface area contributed by atoms with Gasteiger partial charge in [-0.05, 0) is 43.9 Å². The topological polar surface area (TPSA) is 47.0 Å². The maximum Gasteiger partial charge on any atom is 0.0876 e. The summed E-state index contributed by atoms with van der Waals surface area (Å²) in [6.07, 6.45) is 4.06. The van der Waals surface area contributed by atoms with Gasteiger partial charge in [0, 0.05) is 0 Å². The Balaban J connectivity index is 2.24. The molecule has 2 heterocycles. The van der Waals surface area contributed by atoms with E-state index in [1.165, 1.54) is 22.0 Å². The average Bonchev–Trinajstić information content (AvgIpc) is 2.68. The summed E-state index contributed by atoms with van der Waals surface area (Å²) in [4.78, 5) is 1.19. The first-order valence-electron chi connectivity index (χ1n) is 5.09. The van der Waals surface area contributed by atoms with Crippen molar-refractivity contribution in [3.8, 4) is 0 Å². The molecule has 1 aliphatic rings. The van der Waals surface area contributed by atoms with Crippen molar-refractivity contribution < 1.29 is 4.74 Å². The third kappa shape index (κ3) is 2.18. The number of aromatic nitrogens is 2. The van der Waals surface area contributed by atoms with Crippen molar-refractivity contribution in [3.05, 3.63) is 22.4 Å². The van der Waals surface area contributed by atoms with Crippen LogP contribution in [-0.2, 0) is 4.74 Å². The molecule has 15 heavy (non-hydrogen) atoms.